The lowest BCUT2D eigenvalue weighted by Crippen LogP contribution is -2.54. The van der Waals surface area contributed by atoms with E-state index in [1.54, 1.807) is 25.1 Å². The van der Waals surface area contributed by atoms with Crippen LogP contribution in [0.4, 0.5) is 5.69 Å². The monoisotopic (exact) mass is 583 g/mol. The average molecular weight is 584 g/mol. The fraction of sp³-hybridized carbons (Fsp3) is 0.355. The van der Waals surface area contributed by atoms with Crippen molar-refractivity contribution >= 4 is 39.1 Å². The van der Waals surface area contributed by atoms with Crippen molar-refractivity contribution in [2.45, 2.75) is 59.2 Å². The molecule has 3 rings (SSSR count). The van der Waals surface area contributed by atoms with E-state index in [1.807, 2.05) is 75.4 Å². The molecule has 0 saturated carbocycles. The zero-order chi connectivity index (χ0) is 29.4. The topological polar surface area (TPSA) is 86.8 Å². The molecule has 0 aliphatic carbocycles. The summed E-state index contributed by atoms with van der Waals surface area (Å²) in [5.41, 5.74) is 3.59. The van der Waals surface area contributed by atoms with Gasteiger partial charge >= 0.3 is 0 Å². The fourth-order valence-electron chi connectivity index (χ4n) is 4.43. The third-order valence-electron chi connectivity index (χ3n) is 7.06. The molecule has 0 fully saturated rings. The molecule has 0 saturated heterocycles. The van der Waals surface area contributed by atoms with Crippen LogP contribution in [-0.2, 0) is 32.6 Å². The van der Waals surface area contributed by atoms with Crippen molar-refractivity contribution < 1.29 is 18.0 Å². The maximum Gasteiger partial charge on any atom is 0.244 e. The van der Waals surface area contributed by atoms with E-state index in [4.69, 9.17) is 11.6 Å². The Balaban J connectivity index is 2.10. The lowest BCUT2D eigenvalue weighted by molar-refractivity contribution is -0.140. The standard InChI is InChI=1S/C31H38ClN3O4S/c1-6-23(3)33-31(37)29(19-25-14-8-7-9-15-25)34(20-26-16-11-10-13-22(26)2)30(36)21-35(40(5,38)39)28-18-12-17-27(32)24(28)4/h7-18,23,29H,6,19-21H2,1-5H3,(H,33,37)/t23-,29-/m0/s1. The SMILES string of the molecule is CC[C@H](C)NC(=O)[C@H](Cc1ccccc1)N(Cc1ccccc1C)C(=O)CN(c1cccc(Cl)c1C)S(C)(=O)=O. The van der Waals surface area contributed by atoms with Crippen LogP contribution in [0.3, 0.4) is 0 Å². The van der Waals surface area contributed by atoms with Gasteiger partial charge in [-0.1, -0.05) is 79.2 Å². The normalized spacial score (nSPS) is 12.8. The van der Waals surface area contributed by atoms with Gasteiger partial charge in [0.05, 0.1) is 11.9 Å². The Morgan fingerprint density at radius 2 is 1.60 bits per heavy atom. The number of anilines is 1. The minimum absolute atomic E-state index is 0.0946. The van der Waals surface area contributed by atoms with Gasteiger partial charge in [0.2, 0.25) is 21.8 Å². The quantitative estimate of drug-likeness (QED) is 0.314. The molecule has 3 aromatic rings. The Morgan fingerprint density at radius 3 is 2.23 bits per heavy atom. The van der Waals surface area contributed by atoms with Gasteiger partial charge in [-0.05, 0) is 61.6 Å². The van der Waals surface area contributed by atoms with Gasteiger partial charge in [-0.2, -0.15) is 0 Å². The van der Waals surface area contributed by atoms with Crippen LogP contribution in [0.25, 0.3) is 0 Å². The highest BCUT2D eigenvalue weighted by Gasteiger charge is 2.34. The number of halogens is 1. The number of rotatable bonds is 12. The lowest BCUT2D eigenvalue weighted by Gasteiger charge is -2.34. The molecule has 214 valence electrons. The third-order valence-corrected chi connectivity index (χ3v) is 8.60. The number of nitrogens with one attached hydrogen (secondary N) is 1. The molecule has 2 atom stereocenters. The molecule has 3 aromatic carbocycles. The number of benzene rings is 3. The summed E-state index contributed by atoms with van der Waals surface area (Å²) >= 11 is 6.31. The Labute approximate surface area is 243 Å². The first-order chi connectivity index (χ1) is 18.9. The van der Waals surface area contributed by atoms with E-state index in [2.05, 4.69) is 5.32 Å². The largest absolute Gasteiger partial charge is 0.352 e. The van der Waals surface area contributed by atoms with E-state index < -0.39 is 28.5 Å². The molecule has 2 amide bonds. The van der Waals surface area contributed by atoms with E-state index >= 15 is 0 Å². The molecule has 9 heteroatoms. The van der Waals surface area contributed by atoms with Crippen LogP contribution in [0.15, 0.2) is 72.8 Å². The summed E-state index contributed by atoms with van der Waals surface area (Å²) in [7, 11) is -3.87. The van der Waals surface area contributed by atoms with Crippen molar-refractivity contribution in [1.82, 2.24) is 10.2 Å². The second-order valence-corrected chi connectivity index (χ2v) is 12.4. The predicted molar refractivity (Wildman–Crippen MR) is 162 cm³/mol. The van der Waals surface area contributed by atoms with E-state index in [0.29, 0.717) is 16.3 Å². The zero-order valence-electron chi connectivity index (χ0n) is 23.7. The second kappa shape index (κ2) is 13.8. The van der Waals surface area contributed by atoms with Crippen molar-refractivity contribution in [3.63, 3.8) is 0 Å². The van der Waals surface area contributed by atoms with Gasteiger partial charge in [0.15, 0.2) is 0 Å². The molecule has 0 heterocycles. The maximum atomic E-state index is 14.2. The number of carbonyl (C=O) groups is 2. The summed E-state index contributed by atoms with van der Waals surface area (Å²) in [4.78, 5) is 29.4. The number of nitrogens with zero attached hydrogens (tertiary/aromatic N) is 2. The molecular formula is C31H38ClN3O4S. The van der Waals surface area contributed by atoms with Crippen LogP contribution in [-0.4, -0.2) is 50.0 Å². The van der Waals surface area contributed by atoms with Crippen molar-refractivity contribution in [2.75, 3.05) is 17.1 Å². The first kappa shape index (κ1) is 31.2. The van der Waals surface area contributed by atoms with Gasteiger partial charge in [0.1, 0.15) is 12.6 Å². The molecule has 0 radical (unpaired) electrons. The highest BCUT2D eigenvalue weighted by molar-refractivity contribution is 7.92. The van der Waals surface area contributed by atoms with E-state index in [-0.39, 0.29) is 24.9 Å². The predicted octanol–water partition coefficient (Wildman–Crippen LogP) is 5.28. The van der Waals surface area contributed by atoms with Gasteiger partial charge in [-0.25, -0.2) is 8.42 Å². The summed E-state index contributed by atoms with van der Waals surface area (Å²) < 4.78 is 27.0. The van der Waals surface area contributed by atoms with Crippen LogP contribution in [0.5, 0.6) is 0 Å². The van der Waals surface area contributed by atoms with Gasteiger partial charge in [0.25, 0.3) is 0 Å². The summed E-state index contributed by atoms with van der Waals surface area (Å²) in [5.74, 6) is -0.779. The minimum atomic E-state index is -3.87. The first-order valence-corrected chi connectivity index (χ1v) is 15.6. The summed E-state index contributed by atoms with van der Waals surface area (Å²) in [6.07, 6.45) is 2.06. The van der Waals surface area contributed by atoms with E-state index in [9.17, 15) is 18.0 Å². The number of amides is 2. The lowest BCUT2D eigenvalue weighted by atomic mass is 10.0. The number of aryl methyl sites for hydroxylation is 1. The number of hydrogen-bond acceptors (Lipinski definition) is 4. The van der Waals surface area contributed by atoms with Crippen LogP contribution >= 0.6 is 11.6 Å². The average Bonchev–Trinajstić information content (AvgIpc) is 2.91. The molecule has 0 aliphatic heterocycles. The maximum absolute atomic E-state index is 14.2. The molecular weight excluding hydrogens is 546 g/mol. The van der Waals surface area contributed by atoms with Crippen molar-refractivity contribution in [3.8, 4) is 0 Å². The second-order valence-electron chi connectivity index (χ2n) is 10.1. The van der Waals surface area contributed by atoms with Gasteiger partial charge in [-0.15, -0.1) is 0 Å². The third kappa shape index (κ3) is 8.08. The van der Waals surface area contributed by atoms with Crippen LogP contribution < -0.4 is 9.62 Å². The van der Waals surface area contributed by atoms with Gasteiger partial charge in [0, 0.05) is 24.0 Å². The highest BCUT2D eigenvalue weighted by atomic mass is 35.5. The van der Waals surface area contributed by atoms with E-state index in [1.165, 1.54) is 4.90 Å². The summed E-state index contributed by atoms with van der Waals surface area (Å²) in [6.45, 7) is 7.21. The molecule has 40 heavy (non-hydrogen) atoms. The van der Waals surface area contributed by atoms with E-state index in [0.717, 1.165) is 33.7 Å². The molecule has 0 bridgehead atoms. The highest BCUT2D eigenvalue weighted by Crippen LogP contribution is 2.29. The Hall–Kier alpha value is -3.36. The molecule has 0 aliphatic rings. The van der Waals surface area contributed by atoms with Gasteiger partial charge < -0.3 is 10.2 Å². The fourth-order valence-corrected chi connectivity index (χ4v) is 5.50. The molecule has 0 unspecified atom stereocenters. The first-order valence-electron chi connectivity index (χ1n) is 13.3. The molecule has 0 aromatic heterocycles. The summed E-state index contributed by atoms with van der Waals surface area (Å²) in [6, 6.07) is 21.1. The van der Waals surface area contributed by atoms with Crippen LogP contribution in [0, 0.1) is 13.8 Å². The summed E-state index contributed by atoms with van der Waals surface area (Å²) in [5, 5.41) is 3.43. The molecule has 1 N–H and O–H groups in total. The van der Waals surface area contributed by atoms with Crippen LogP contribution in [0.2, 0.25) is 5.02 Å². The van der Waals surface area contributed by atoms with Gasteiger partial charge in [-0.3, -0.25) is 13.9 Å². The Bertz CT molecular complexity index is 1430. The Morgan fingerprint density at radius 1 is 0.950 bits per heavy atom. The minimum Gasteiger partial charge on any atom is -0.352 e. The zero-order valence-corrected chi connectivity index (χ0v) is 25.3. The molecule has 7 nitrogen and oxygen atoms in total. The van der Waals surface area contributed by atoms with Crippen molar-refractivity contribution in [3.05, 3.63) is 100 Å². The van der Waals surface area contributed by atoms with Crippen molar-refractivity contribution in [1.29, 1.82) is 0 Å². The Kier molecular flexibility index (Phi) is 10.8. The molecule has 0 spiro atoms. The number of sulfonamides is 1. The van der Waals surface area contributed by atoms with Crippen LogP contribution in [0.1, 0.15) is 42.5 Å². The number of hydrogen-bond donors (Lipinski definition) is 1. The smallest absolute Gasteiger partial charge is 0.244 e. The van der Waals surface area contributed by atoms with Crippen molar-refractivity contribution in [2.24, 2.45) is 0 Å². The number of carbonyl (C=O) groups excluding carboxylic acids is 2.